The Morgan fingerprint density at radius 2 is 1.03 bits per heavy atom. The zero-order valence-corrected chi connectivity index (χ0v) is 40.4. The first kappa shape index (κ1) is 42.0. The third-order valence-corrected chi connectivity index (χ3v) is 14.5. The van der Waals surface area contributed by atoms with E-state index < -0.39 is 0 Å². The Morgan fingerprint density at radius 1 is 0.500 bits per heavy atom. The van der Waals surface area contributed by atoms with Crippen LogP contribution in [0.3, 0.4) is 0 Å². The van der Waals surface area contributed by atoms with Crippen molar-refractivity contribution in [3.8, 4) is 11.1 Å². The van der Waals surface area contributed by atoms with Crippen LogP contribution < -0.4 is 25.5 Å². The van der Waals surface area contributed by atoms with Gasteiger partial charge in [-0.05, 0) is 133 Å². The van der Waals surface area contributed by atoms with Crippen LogP contribution in [0.1, 0.15) is 129 Å². The Kier molecular flexibility index (Phi) is 9.52. The zero-order chi connectivity index (χ0) is 45.2. The predicted octanol–water partition coefficient (Wildman–Crippen LogP) is 15.5. The number of rotatable bonds is 5. The topological polar surface area (TPSA) is 9.72 Å². The number of fused-ring (bicyclic) bond motifs is 6. The number of nitrogens with zero attached hydrogens (tertiary/aromatic N) is 3. The molecule has 0 unspecified atom stereocenters. The van der Waals surface area contributed by atoms with E-state index in [2.05, 4.69) is 250 Å². The molecule has 0 fully saturated rings. The molecule has 0 saturated carbocycles. The van der Waals surface area contributed by atoms with Crippen molar-refractivity contribution in [3.05, 3.63) is 179 Å². The summed E-state index contributed by atoms with van der Waals surface area (Å²) in [6.45, 7) is 30.1. The van der Waals surface area contributed by atoms with E-state index in [0.717, 1.165) is 17.1 Å². The zero-order valence-electron chi connectivity index (χ0n) is 40.4. The maximum atomic E-state index is 2.68. The minimum absolute atomic E-state index is 0.0346. The van der Waals surface area contributed by atoms with Crippen molar-refractivity contribution in [1.29, 1.82) is 0 Å². The second-order valence-corrected chi connectivity index (χ2v) is 22.6. The van der Waals surface area contributed by atoms with Crippen LogP contribution in [0.5, 0.6) is 0 Å². The summed E-state index contributed by atoms with van der Waals surface area (Å²) in [4.78, 5) is 7.76. The van der Waals surface area contributed by atoms with Gasteiger partial charge in [-0.1, -0.05) is 175 Å². The summed E-state index contributed by atoms with van der Waals surface area (Å²) in [7, 11) is 0. The van der Waals surface area contributed by atoms with Gasteiger partial charge in [0.15, 0.2) is 0 Å². The van der Waals surface area contributed by atoms with E-state index >= 15 is 0 Å². The normalized spacial score (nSPS) is 14.8. The standard InChI is InChI=1S/C60H64BN3/c1-38(2)39-35-48-47-34-33-46(62(43-27-21-40(22-28-43)57(3,4)5)44-29-23-41(24-30-44)58(6,7)8)37-53(47)64(45-31-25-42(26-32-45)59(9,10)11)61-51-19-16-18-50-56(51)63(54(36-39)55(48)61)52-20-15-14-17-49(52)60(50,12)13/h14-38H,1-13H3. The molecule has 7 aromatic carbocycles. The summed E-state index contributed by atoms with van der Waals surface area (Å²) < 4.78 is 0. The highest BCUT2D eigenvalue weighted by atomic mass is 15.2. The molecule has 64 heavy (non-hydrogen) atoms. The molecule has 7 aromatic rings. The molecular formula is C60H64BN3. The summed E-state index contributed by atoms with van der Waals surface area (Å²) >= 11 is 0. The third kappa shape index (κ3) is 6.62. The minimum atomic E-state index is -0.182. The van der Waals surface area contributed by atoms with Crippen LogP contribution in [-0.4, -0.2) is 6.85 Å². The Balaban J connectivity index is 1.27. The fourth-order valence-corrected chi connectivity index (χ4v) is 10.7. The summed E-state index contributed by atoms with van der Waals surface area (Å²) in [5.74, 6) is 0.349. The van der Waals surface area contributed by atoms with Crippen molar-refractivity contribution >= 4 is 63.3 Å². The second kappa shape index (κ2) is 14.5. The van der Waals surface area contributed by atoms with Crippen molar-refractivity contribution < 1.29 is 0 Å². The third-order valence-electron chi connectivity index (χ3n) is 14.5. The number of hydrogen-bond acceptors (Lipinski definition) is 3. The smallest absolute Gasteiger partial charge is 0.333 e. The van der Waals surface area contributed by atoms with Crippen molar-refractivity contribution in [2.24, 2.45) is 0 Å². The molecule has 4 heteroatoms. The van der Waals surface area contributed by atoms with Gasteiger partial charge in [0.05, 0.1) is 5.69 Å². The van der Waals surface area contributed by atoms with Gasteiger partial charge in [0.2, 0.25) is 0 Å². The Hall–Kier alpha value is -6.00. The molecule has 0 aromatic heterocycles. The molecule has 3 aliphatic heterocycles. The van der Waals surface area contributed by atoms with Crippen molar-refractivity contribution in [3.63, 3.8) is 0 Å². The van der Waals surface area contributed by atoms with Gasteiger partial charge in [0, 0.05) is 50.8 Å². The van der Waals surface area contributed by atoms with Gasteiger partial charge in [-0.25, -0.2) is 0 Å². The highest BCUT2D eigenvalue weighted by Gasteiger charge is 2.49. The van der Waals surface area contributed by atoms with Crippen LogP contribution >= 0.6 is 0 Å². The monoisotopic (exact) mass is 838 g/mol. The first-order valence-corrected chi connectivity index (χ1v) is 23.5. The van der Waals surface area contributed by atoms with Crippen LogP contribution in [0.15, 0.2) is 146 Å². The average Bonchev–Trinajstić information content (AvgIpc) is 3.25. The number of anilines is 8. The number of benzene rings is 7. The van der Waals surface area contributed by atoms with Gasteiger partial charge < -0.3 is 14.6 Å². The highest BCUT2D eigenvalue weighted by molar-refractivity contribution is 6.93. The molecule has 322 valence electrons. The molecule has 0 N–H and O–H groups in total. The van der Waals surface area contributed by atoms with Gasteiger partial charge in [-0.15, -0.1) is 0 Å². The van der Waals surface area contributed by atoms with E-state index in [1.54, 1.807) is 0 Å². The maximum absolute atomic E-state index is 2.68. The van der Waals surface area contributed by atoms with E-state index in [-0.39, 0.29) is 28.5 Å². The van der Waals surface area contributed by atoms with Crippen LogP contribution in [0.25, 0.3) is 11.1 Å². The predicted molar refractivity (Wildman–Crippen MR) is 277 cm³/mol. The lowest BCUT2D eigenvalue weighted by Crippen LogP contribution is -2.62. The first-order chi connectivity index (χ1) is 30.2. The van der Waals surface area contributed by atoms with Crippen LogP contribution in [-0.2, 0) is 21.7 Å². The van der Waals surface area contributed by atoms with Gasteiger partial charge in [-0.2, -0.15) is 0 Å². The van der Waals surface area contributed by atoms with Crippen LogP contribution in [0.4, 0.5) is 45.5 Å². The van der Waals surface area contributed by atoms with Crippen LogP contribution in [0, 0.1) is 0 Å². The molecule has 3 heterocycles. The molecule has 3 aliphatic rings. The maximum Gasteiger partial charge on any atom is 0.333 e. The lowest BCUT2D eigenvalue weighted by Gasteiger charge is -2.50. The summed E-state index contributed by atoms with van der Waals surface area (Å²) in [6.07, 6.45) is 0. The van der Waals surface area contributed by atoms with Crippen molar-refractivity contribution in [2.45, 2.75) is 118 Å². The Labute approximate surface area is 383 Å². The number of hydrogen-bond donors (Lipinski definition) is 0. The second-order valence-electron chi connectivity index (χ2n) is 22.6. The van der Waals surface area contributed by atoms with Crippen LogP contribution in [0.2, 0.25) is 0 Å². The van der Waals surface area contributed by atoms with Gasteiger partial charge in [-0.3, -0.25) is 0 Å². The molecule has 10 rings (SSSR count). The summed E-state index contributed by atoms with van der Waals surface area (Å²) in [5.41, 5.74) is 23.1. The molecule has 0 saturated heterocycles. The van der Waals surface area contributed by atoms with E-state index in [0.29, 0.717) is 5.92 Å². The minimum Gasteiger partial charge on any atom is -0.376 e. The molecule has 0 radical (unpaired) electrons. The molecule has 0 aliphatic carbocycles. The Bertz CT molecular complexity index is 2880. The van der Waals surface area contributed by atoms with E-state index in [1.807, 2.05) is 0 Å². The molecule has 0 atom stereocenters. The quantitative estimate of drug-likeness (QED) is 0.160. The lowest BCUT2D eigenvalue weighted by molar-refractivity contribution is 0.590. The van der Waals surface area contributed by atoms with E-state index in [4.69, 9.17) is 0 Å². The van der Waals surface area contributed by atoms with Gasteiger partial charge in [0.25, 0.3) is 0 Å². The summed E-state index contributed by atoms with van der Waals surface area (Å²) in [5, 5.41) is 0. The molecular weight excluding hydrogens is 773 g/mol. The Morgan fingerprint density at radius 3 is 1.59 bits per heavy atom. The SMILES string of the molecule is CC(C)c1cc2c3c(c1)N1c4ccccc4C(C)(C)c4cccc(c41)B3N(c1ccc(C(C)(C)C)cc1)c1cc(N(c3ccc(C(C)(C)C)cc3)c3ccc(C(C)(C)C)cc3)ccc1-2. The van der Waals surface area contributed by atoms with Gasteiger partial charge in [0.1, 0.15) is 0 Å². The average molecular weight is 838 g/mol. The first-order valence-electron chi connectivity index (χ1n) is 23.5. The number of para-hydroxylation sites is 2. The fourth-order valence-electron chi connectivity index (χ4n) is 10.7. The van der Waals surface area contributed by atoms with E-state index in [9.17, 15) is 0 Å². The lowest BCUT2D eigenvalue weighted by atomic mass is 9.42. The molecule has 0 spiro atoms. The highest BCUT2D eigenvalue weighted by Crippen LogP contribution is 2.55. The van der Waals surface area contributed by atoms with E-state index in [1.165, 1.54) is 83.9 Å². The molecule has 0 amide bonds. The fraction of sp³-hybridized carbons (Fsp3) is 0.300. The summed E-state index contributed by atoms with van der Waals surface area (Å²) in [6, 6.07) is 56.4. The largest absolute Gasteiger partial charge is 0.376 e. The molecule has 3 nitrogen and oxygen atoms in total. The van der Waals surface area contributed by atoms with Crippen molar-refractivity contribution in [1.82, 2.24) is 0 Å². The van der Waals surface area contributed by atoms with Gasteiger partial charge >= 0.3 is 6.85 Å². The molecule has 0 bridgehead atoms. The van der Waals surface area contributed by atoms with Crippen molar-refractivity contribution in [2.75, 3.05) is 14.6 Å².